The van der Waals surface area contributed by atoms with Gasteiger partial charge in [-0.2, -0.15) is 0 Å². The molecule has 0 radical (unpaired) electrons. The number of rotatable bonds is 5. The smallest absolute Gasteiger partial charge is 0.337 e. The minimum Gasteiger partial charge on any atom is -0.494 e. The summed E-state index contributed by atoms with van der Waals surface area (Å²) in [4.78, 5) is 14.1. The number of ether oxygens (including phenoxy) is 1. The molecule has 2 rings (SSSR count). The SMILES string of the molecule is COc1ccc(S(=O)(=O)Nc2ccc(C(=O)O)cn2)cc1F. The van der Waals surface area contributed by atoms with E-state index in [1.807, 2.05) is 0 Å². The number of aromatic carboxylic acids is 1. The Hall–Kier alpha value is -2.68. The summed E-state index contributed by atoms with van der Waals surface area (Å²) < 4.78 is 44.6. The van der Waals surface area contributed by atoms with Crippen LogP contribution < -0.4 is 9.46 Å². The van der Waals surface area contributed by atoms with Crippen LogP contribution >= 0.6 is 0 Å². The van der Waals surface area contributed by atoms with Crippen molar-refractivity contribution < 1.29 is 27.4 Å². The predicted molar refractivity (Wildman–Crippen MR) is 75.0 cm³/mol. The van der Waals surface area contributed by atoms with E-state index in [1.165, 1.54) is 31.4 Å². The minimum absolute atomic E-state index is 0.0807. The summed E-state index contributed by atoms with van der Waals surface area (Å²) in [5.74, 6) is -2.16. The van der Waals surface area contributed by atoms with Crippen LogP contribution in [-0.2, 0) is 10.0 Å². The summed E-state index contributed by atoms with van der Waals surface area (Å²) in [6, 6.07) is 5.57. The first-order valence-corrected chi connectivity index (χ1v) is 7.37. The molecular formula is C13H11FN2O5S. The number of carbonyl (C=O) groups is 1. The van der Waals surface area contributed by atoms with Crippen LogP contribution in [-0.4, -0.2) is 31.6 Å². The highest BCUT2D eigenvalue weighted by Crippen LogP contribution is 2.22. The van der Waals surface area contributed by atoms with E-state index in [2.05, 4.69) is 9.71 Å². The molecule has 0 saturated carbocycles. The lowest BCUT2D eigenvalue weighted by Crippen LogP contribution is -2.14. The average molecular weight is 326 g/mol. The Morgan fingerprint density at radius 1 is 1.32 bits per heavy atom. The number of hydrogen-bond donors (Lipinski definition) is 2. The maximum Gasteiger partial charge on any atom is 0.337 e. The highest BCUT2D eigenvalue weighted by Gasteiger charge is 2.17. The van der Waals surface area contributed by atoms with Gasteiger partial charge in [-0.25, -0.2) is 22.6 Å². The molecule has 2 N–H and O–H groups in total. The fourth-order valence-corrected chi connectivity index (χ4v) is 2.61. The molecule has 0 bridgehead atoms. The number of nitrogens with zero attached hydrogens (tertiary/aromatic N) is 1. The molecule has 7 nitrogen and oxygen atoms in total. The molecule has 0 unspecified atom stereocenters. The van der Waals surface area contributed by atoms with E-state index in [1.54, 1.807) is 0 Å². The van der Waals surface area contributed by atoms with Crippen LogP contribution in [0.2, 0.25) is 0 Å². The number of sulfonamides is 1. The van der Waals surface area contributed by atoms with Gasteiger partial charge in [0.1, 0.15) is 5.82 Å². The van der Waals surface area contributed by atoms with E-state index < -0.39 is 21.8 Å². The number of carboxylic acids is 1. The number of pyridine rings is 1. The van der Waals surface area contributed by atoms with E-state index in [0.29, 0.717) is 0 Å². The highest BCUT2D eigenvalue weighted by molar-refractivity contribution is 7.92. The third-order valence-electron chi connectivity index (χ3n) is 2.68. The second kappa shape index (κ2) is 5.98. The van der Waals surface area contributed by atoms with Crippen molar-refractivity contribution in [2.24, 2.45) is 0 Å². The molecule has 1 aromatic carbocycles. The number of anilines is 1. The topological polar surface area (TPSA) is 106 Å². The zero-order valence-corrected chi connectivity index (χ0v) is 12.1. The Labute approximate surface area is 125 Å². The molecule has 1 aromatic heterocycles. The third kappa shape index (κ3) is 3.31. The van der Waals surface area contributed by atoms with Crippen molar-refractivity contribution >= 4 is 21.8 Å². The molecule has 0 spiro atoms. The number of benzene rings is 1. The monoisotopic (exact) mass is 326 g/mol. The van der Waals surface area contributed by atoms with Gasteiger partial charge in [0.05, 0.1) is 17.6 Å². The van der Waals surface area contributed by atoms with Gasteiger partial charge in [0.2, 0.25) is 0 Å². The Bertz CT molecular complexity index is 806. The molecule has 1 heterocycles. The number of aromatic nitrogens is 1. The molecule has 2 aromatic rings. The van der Waals surface area contributed by atoms with Gasteiger partial charge in [-0.05, 0) is 30.3 Å². The number of methoxy groups -OCH3 is 1. The van der Waals surface area contributed by atoms with E-state index in [-0.39, 0.29) is 22.0 Å². The standard InChI is InChI=1S/C13H11FN2O5S/c1-21-11-4-3-9(6-10(11)14)22(19,20)16-12-5-2-8(7-15-12)13(17)18/h2-7H,1H3,(H,15,16)(H,17,18). The van der Waals surface area contributed by atoms with Crippen molar-refractivity contribution in [1.29, 1.82) is 0 Å². The first-order valence-electron chi connectivity index (χ1n) is 5.89. The predicted octanol–water partition coefficient (Wildman–Crippen LogP) is 1.73. The van der Waals surface area contributed by atoms with Crippen molar-refractivity contribution in [1.82, 2.24) is 4.98 Å². The molecule has 0 aliphatic carbocycles. The molecule has 22 heavy (non-hydrogen) atoms. The second-order valence-electron chi connectivity index (χ2n) is 4.14. The fraction of sp³-hybridized carbons (Fsp3) is 0.0769. The fourth-order valence-electron chi connectivity index (χ4n) is 1.59. The summed E-state index contributed by atoms with van der Waals surface area (Å²) in [5, 5.41) is 8.73. The van der Waals surface area contributed by atoms with Crippen molar-refractivity contribution in [2.45, 2.75) is 4.90 Å². The summed E-state index contributed by atoms with van der Waals surface area (Å²) in [7, 11) is -2.79. The van der Waals surface area contributed by atoms with Crippen LogP contribution in [0.5, 0.6) is 5.75 Å². The number of nitrogens with one attached hydrogen (secondary N) is 1. The van der Waals surface area contributed by atoms with Crippen LogP contribution in [0.3, 0.4) is 0 Å². The number of carboxylic acid groups (broad SMARTS) is 1. The third-order valence-corrected chi connectivity index (χ3v) is 4.04. The number of halogens is 1. The van der Waals surface area contributed by atoms with E-state index in [4.69, 9.17) is 9.84 Å². The number of hydrogen-bond acceptors (Lipinski definition) is 5. The maximum atomic E-state index is 13.6. The summed E-state index contributed by atoms with van der Waals surface area (Å²) in [5.41, 5.74) is -0.0848. The van der Waals surface area contributed by atoms with Crippen LogP contribution in [0.1, 0.15) is 10.4 Å². The van der Waals surface area contributed by atoms with Gasteiger partial charge >= 0.3 is 5.97 Å². The molecular weight excluding hydrogens is 315 g/mol. The zero-order valence-electron chi connectivity index (χ0n) is 11.3. The van der Waals surface area contributed by atoms with Gasteiger partial charge < -0.3 is 9.84 Å². The van der Waals surface area contributed by atoms with Gasteiger partial charge in [-0.1, -0.05) is 0 Å². The van der Waals surface area contributed by atoms with E-state index >= 15 is 0 Å². The Balaban J connectivity index is 2.27. The minimum atomic E-state index is -4.05. The molecule has 0 aliphatic heterocycles. The van der Waals surface area contributed by atoms with Crippen molar-refractivity contribution in [3.63, 3.8) is 0 Å². The molecule has 116 valence electrons. The maximum absolute atomic E-state index is 13.6. The first-order chi connectivity index (χ1) is 10.3. The summed E-state index contributed by atoms with van der Waals surface area (Å²) in [6.07, 6.45) is 1.01. The molecule has 0 saturated heterocycles. The molecule has 0 atom stereocenters. The van der Waals surface area contributed by atoms with Crippen LogP contribution in [0, 0.1) is 5.82 Å². The van der Waals surface area contributed by atoms with Crippen molar-refractivity contribution in [3.05, 3.63) is 47.9 Å². The van der Waals surface area contributed by atoms with Crippen LogP contribution in [0.15, 0.2) is 41.4 Å². The van der Waals surface area contributed by atoms with Crippen molar-refractivity contribution in [2.75, 3.05) is 11.8 Å². The normalized spacial score (nSPS) is 11.0. The molecule has 0 aliphatic rings. The molecule has 0 fully saturated rings. The lowest BCUT2D eigenvalue weighted by atomic mass is 10.3. The lowest BCUT2D eigenvalue weighted by molar-refractivity contribution is 0.0696. The van der Waals surface area contributed by atoms with Gasteiger partial charge in [0.25, 0.3) is 10.0 Å². The van der Waals surface area contributed by atoms with Gasteiger partial charge in [0, 0.05) is 6.20 Å². The lowest BCUT2D eigenvalue weighted by Gasteiger charge is -2.09. The molecule has 9 heteroatoms. The highest BCUT2D eigenvalue weighted by atomic mass is 32.2. The summed E-state index contributed by atoms with van der Waals surface area (Å²) >= 11 is 0. The Kier molecular flexibility index (Phi) is 4.27. The van der Waals surface area contributed by atoms with Gasteiger partial charge in [-0.15, -0.1) is 0 Å². The van der Waals surface area contributed by atoms with E-state index in [0.717, 1.165) is 12.3 Å². The average Bonchev–Trinajstić information content (AvgIpc) is 2.47. The first kappa shape index (κ1) is 15.7. The summed E-state index contributed by atoms with van der Waals surface area (Å²) in [6.45, 7) is 0. The van der Waals surface area contributed by atoms with E-state index in [9.17, 15) is 17.6 Å². The quantitative estimate of drug-likeness (QED) is 0.867. The van der Waals surface area contributed by atoms with Gasteiger partial charge in [0.15, 0.2) is 11.6 Å². The molecule has 0 amide bonds. The Morgan fingerprint density at radius 3 is 2.55 bits per heavy atom. The van der Waals surface area contributed by atoms with Gasteiger partial charge in [-0.3, -0.25) is 4.72 Å². The van der Waals surface area contributed by atoms with Crippen molar-refractivity contribution in [3.8, 4) is 5.75 Å². The second-order valence-corrected chi connectivity index (χ2v) is 5.82. The Morgan fingerprint density at radius 2 is 2.05 bits per heavy atom. The zero-order chi connectivity index (χ0) is 16.3. The van der Waals surface area contributed by atoms with Crippen LogP contribution in [0.25, 0.3) is 0 Å². The van der Waals surface area contributed by atoms with Crippen LogP contribution in [0.4, 0.5) is 10.2 Å². The largest absolute Gasteiger partial charge is 0.494 e.